The van der Waals surface area contributed by atoms with Gasteiger partial charge in [-0.25, -0.2) is 8.42 Å². The quantitative estimate of drug-likeness (QED) is 0.271. The van der Waals surface area contributed by atoms with Crippen molar-refractivity contribution >= 4 is 56.1 Å². The molecule has 0 bridgehead atoms. The normalized spacial score (nSPS) is 14.5. The summed E-state index contributed by atoms with van der Waals surface area (Å²) in [5.41, 5.74) is 2.67. The van der Waals surface area contributed by atoms with Gasteiger partial charge in [0.05, 0.1) is 24.4 Å². The van der Waals surface area contributed by atoms with Gasteiger partial charge in [-0.15, -0.1) is 0 Å². The monoisotopic (exact) mass is 578 g/mol. The minimum Gasteiger partial charge on any atom is -0.510 e. The number of fused-ring (bicyclic) bond motifs is 1. The number of benzene rings is 4. The van der Waals surface area contributed by atoms with E-state index >= 15 is 0 Å². The highest BCUT2D eigenvalue weighted by molar-refractivity contribution is 7.93. The van der Waals surface area contributed by atoms with Crippen molar-refractivity contribution in [2.75, 3.05) is 15.0 Å². The maximum Gasteiger partial charge on any atom is 0.262 e. The van der Waals surface area contributed by atoms with Crippen LogP contribution in [0.25, 0.3) is 5.57 Å². The number of aliphatic hydroxyl groups excluding tert-OH is 1. The average molecular weight is 580 g/mol. The highest BCUT2D eigenvalue weighted by Gasteiger charge is 2.36. The number of anilines is 2. The van der Waals surface area contributed by atoms with Crippen LogP contribution in [0.5, 0.6) is 0 Å². The molecule has 6 nitrogen and oxygen atoms in total. The van der Waals surface area contributed by atoms with Crippen molar-refractivity contribution in [2.45, 2.75) is 13.1 Å². The van der Waals surface area contributed by atoms with Crippen molar-refractivity contribution in [3.63, 3.8) is 0 Å². The Labute approximate surface area is 237 Å². The van der Waals surface area contributed by atoms with Crippen molar-refractivity contribution in [1.29, 1.82) is 0 Å². The Morgan fingerprint density at radius 2 is 1.38 bits per heavy atom. The lowest BCUT2D eigenvalue weighted by Crippen LogP contribution is -2.32. The molecule has 1 heterocycles. The Bertz CT molecular complexity index is 1640. The summed E-state index contributed by atoms with van der Waals surface area (Å²) in [5.74, 6) is -1.77. The van der Waals surface area contributed by atoms with Crippen LogP contribution in [0.3, 0.4) is 0 Å². The summed E-state index contributed by atoms with van der Waals surface area (Å²) in [7, 11) is -4.05. The molecule has 9 heteroatoms. The van der Waals surface area contributed by atoms with Gasteiger partial charge in [-0.2, -0.15) is 0 Å². The second kappa shape index (κ2) is 11.1. The van der Waals surface area contributed by atoms with Crippen LogP contribution in [0.4, 0.5) is 11.4 Å². The Kier molecular flexibility index (Phi) is 7.66. The summed E-state index contributed by atoms with van der Waals surface area (Å²) < 4.78 is 28.3. The number of hydrogen-bond donors (Lipinski definition) is 1. The number of rotatable bonds is 6. The molecule has 39 heavy (non-hydrogen) atoms. The SMILES string of the molecule is O=C(C1=C(O)CS(=O)(=O)N(Cc2ccc(Cl)cc2)c2ccccc21)N(Cc1ccccc1)c1ccc(Cl)cc1. The molecule has 0 fully saturated rings. The van der Waals surface area contributed by atoms with E-state index in [4.69, 9.17) is 23.2 Å². The van der Waals surface area contributed by atoms with Crippen LogP contribution in [0, 0.1) is 0 Å². The summed E-state index contributed by atoms with van der Waals surface area (Å²) in [6, 6.07) is 29.8. The molecule has 1 aliphatic heterocycles. The molecular weight excluding hydrogens is 555 g/mol. The first kappa shape index (κ1) is 26.8. The minimum atomic E-state index is -4.05. The summed E-state index contributed by atoms with van der Waals surface area (Å²) in [6.45, 7) is 0.206. The predicted molar refractivity (Wildman–Crippen MR) is 156 cm³/mol. The molecule has 0 aliphatic carbocycles. The van der Waals surface area contributed by atoms with Crippen LogP contribution in [0.2, 0.25) is 10.0 Å². The van der Waals surface area contributed by atoms with Crippen molar-refractivity contribution in [1.82, 2.24) is 0 Å². The second-order valence-electron chi connectivity index (χ2n) is 9.08. The second-order valence-corrected chi connectivity index (χ2v) is 11.8. The van der Waals surface area contributed by atoms with Gasteiger partial charge < -0.3 is 10.0 Å². The van der Waals surface area contributed by atoms with E-state index in [2.05, 4.69) is 0 Å². The lowest BCUT2D eigenvalue weighted by atomic mass is 10.00. The zero-order valence-corrected chi connectivity index (χ0v) is 23.0. The number of amides is 1. The van der Waals surface area contributed by atoms with E-state index in [9.17, 15) is 18.3 Å². The Morgan fingerprint density at radius 1 is 0.795 bits per heavy atom. The van der Waals surface area contributed by atoms with Crippen molar-refractivity contribution in [2.24, 2.45) is 0 Å². The number of carbonyl (C=O) groups excluding carboxylic acids is 1. The van der Waals surface area contributed by atoms with Crippen LogP contribution < -0.4 is 9.21 Å². The smallest absolute Gasteiger partial charge is 0.262 e. The Hall–Kier alpha value is -3.78. The summed E-state index contributed by atoms with van der Waals surface area (Å²) >= 11 is 12.1. The van der Waals surface area contributed by atoms with Crippen LogP contribution in [0.1, 0.15) is 16.7 Å². The van der Waals surface area contributed by atoms with Gasteiger partial charge >= 0.3 is 0 Å². The topological polar surface area (TPSA) is 77.9 Å². The average Bonchev–Trinajstić information content (AvgIpc) is 3.00. The fraction of sp³-hybridized carbons (Fsp3) is 0.100. The van der Waals surface area contributed by atoms with Crippen molar-refractivity contribution < 1.29 is 18.3 Å². The van der Waals surface area contributed by atoms with E-state index in [0.717, 1.165) is 5.56 Å². The molecule has 0 aromatic heterocycles. The van der Waals surface area contributed by atoms with Gasteiger partial charge in [-0.05, 0) is 53.6 Å². The first-order valence-electron chi connectivity index (χ1n) is 12.1. The molecule has 1 aliphatic rings. The highest BCUT2D eigenvalue weighted by Crippen LogP contribution is 2.38. The molecule has 1 amide bonds. The van der Waals surface area contributed by atoms with Crippen LogP contribution in [0.15, 0.2) is 109 Å². The molecule has 0 radical (unpaired) electrons. The van der Waals surface area contributed by atoms with Gasteiger partial charge in [0.2, 0.25) is 10.0 Å². The molecule has 0 atom stereocenters. The number of carbonyl (C=O) groups is 1. The number of hydrogen-bond acceptors (Lipinski definition) is 4. The first-order valence-corrected chi connectivity index (χ1v) is 14.5. The van der Waals surface area contributed by atoms with Crippen LogP contribution in [-0.4, -0.2) is 25.2 Å². The van der Waals surface area contributed by atoms with E-state index in [1.165, 1.54) is 9.21 Å². The lowest BCUT2D eigenvalue weighted by Gasteiger charge is -2.26. The maximum atomic E-state index is 14.3. The maximum absolute atomic E-state index is 14.3. The standard InChI is InChI=1S/C30H24Cl2N2O4S/c31-23-12-10-22(11-13-23)19-34-27-9-5-4-8-26(27)29(28(35)20-39(34,37)38)30(36)33(18-21-6-2-1-3-7-21)25-16-14-24(32)15-17-25/h1-17,35H,18-20H2. The molecule has 5 rings (SSSR count). The fourth-order valence-corrected chi connectivity index (χ4v) is 6.21. The number of para-hydroxylation sites is 1. The third kappa shape index (κ3) is 5.81. The molecule has 0 saturated heterocycles. The first-order chi connectivity index (χ1) is 18.7. The van der Waals surface area contributed by atoms with Gasteiger partial charge in [0.25, 0.3) is 5.91 Å². The van der Waals surface area contributed by atoms with Gasteiger partial charge in [0, 0.05) is 21.3 Å². The molecule has 4 aromatic rings. The number of nitrogens with zero attached hydrogens (tertiary/aromatic N) is 2. The summed E-state index contributed by atoms with van der Waals surface area (Å²) in [5, 5.41) is 12.3. The van der Waals surface area contributed by atoms with Gasteiger partial charge in [0.15, 0.2) is 0 Å². The highest BCUT2D eigenvalue weighted by atomic mass is 35.5. The van der Waals surface area contributed by atoms with Gasteiger partial charge in [-0.3, -0.25) is 9.10 Å². The van der Waals surface area contributed by atoms with E-state index in [1.807, 2.05) is 30.3 Å². The molecule has 1 N–H and O–H groups in total. The lowest BCUT2D eigenvalue weighted by molar-refractivity contribution is -0.113. The molecule has 198 valence electrons. The van der Waals surface area contributed by atoms with E-state index < -0.39 is 27.4 Å². The van der Waals surface area contributed by atoms with E-state index in [1.54, 1.807) is 72.8 Å². The predicted octanol–water partition coefficient (Wildman–Crippen LogP) is 6.85. The molecule has 0 unspecified atom stereocenters. The zero-order valence-electron chi connectivity index (χ0n) is 20.7. The Morgan fingerprint density at radius 3 is 2.05 bits per heavy atom. The molecular formula is C30H24Cl2N2O4S. The Balaban J connectivity index is 1.62. The molecule has 0 saturated carbocycles. The van der Waals surface area contributed by atoms with Crippen molar-refractivity contribution in [3.8, 4) is 0 Å². The third-order valence-electron chi connectivity index (χ3n) is 6.41. The zero-order chi connectivity index (χ0) is 27.6. The van der Waals surface area contributed by atoms with Gasteiger partial charge in [0.1, 0.15) is 11.5 Å². The fourth-order valence-electron chi connectivity index (χ4n) is 4.51. The third-order valence-corrected chi connectivity index (χ3v) is 8.55. The summed E-state index contributed by atoms with van der Waals surface area (Å²) in [4.78, 5) is 15.8. The minimum absolute atomic E-state index is 0.0101. The largest absolute Gasteiger partial charge is 0.510 e. The van der Waals surface area contributed by atoms with E-state index in [-0.39, 0.29) is 18.7 Å². The number of halogens is 2. The number of sulfonamides is 1. The molecule has 0 spiro atoms. The van der Waals surface area contributed by atoms with Crippen molar-refractivity contribution in [3.05, 3.63) is 136 Å². The molecule has 4 aromatic carbocycles. The number of aliphatic hydroxyl groups is 1. The van der Waals surface area contributed by atoms with Gasteiger partial charge in [-0.1, -0.05) is 83.9 Å². The van der Waals surface area contributed by atoms with E-state index in [0.29, 0.717) is 32.5 Å². The van der Waals surface area contributed by atoms with Crippen LogP contribution >= 0.6 is 23.2 Å². The van der Waals surface area contributed by atoms with Crippen LogP contribution in [-0.2, 0) is 27.9 Å². The summed E-state index contributed by atoms with van der Waals surface area (Å²) in [6.07, 6.45) is 0.